The average molecular weight is 548 g/mol. The number of rotatable bonds is 14. The number of amides is 4. The third kappa shape index (κ3) is 9.29. The highest BCUT2D eigenvalue weighted by Gasteiger charge is 2.42. The molecule has 4 amide bonds. The number of nitrogens with one attached hydrogen (secondary N) is 2. The normalized spacial score (nSPS) is 26.1. The van der Waals surface area contributed by atoms with Crippen LogP contribution in [0.25, 0.3) is 0 Å². The number of hydroxylamine groups is 2. The van der Waals surface area contributed by atoms with Gasteiger partial charge >= 0.3 is 11.9 Å². The third-order valence-electron chi connectivity index (χ3n) is 5.76. The molecule has 6 atom stereocenters. The van der Waals surface area contributed by atoms with Crippen molar-refractivity contribution in [2.24, 2.45) is 0 Å². The summed E-state index contributed by atoms with van der Waals surface area (Å²) in [7, 11) is 0. The van der Waals surface area contributed by atoms with Crippen molar-refractivity contribution >= 4 is 35.6 Å². The van der Waals surface area contributed by atoms with Gasteiger partial charge in [0, 0.05) is 32.2 Å². The van der Waals surface area contributed by atoms with Crippen molar-refractivity contribution in [3.8, 4) is 0 Å². The summed E-state index contributed by atoms with van der Waals surface area (Å²) >= 11 is 0. The Hall–Kier alpha value is -3.18. The number of aliphatic carboxylic acids is 1. The van der Waals surface area contributed by atoms with Gasteiger partial charge in [-0.1, -0.05) is 0 Å². The molecule has 214 valence electrons. The number of aliphatic hydroxyl groups is 3. The summed E-state index contributed by atoms with van der Waals surface area (Å²) in [6.45, 7) is 1.14. The number of carbonyl (C=O) groups is 6. The first-order valence-corrected chi connectivity index (χ1v) is 12.1. The summed E-state index contributed by atoms with van der Waals surface area (Å²) < 4.78 is 10.5. The zero-order chi connectivity index (χ0) is 28.4. The minimum Gasteiger partial charge on any atom is -0.481 e. The highest BCUT2D eigenvalue weighted by Crippen LogP contribution is 2.21. The Morgan fingerprint density at radius 1 is 1.03 bits per heavy atom. The second kappa shape index (κ2) is 14.7. The van der Waals surface area contributed by atoms with Gasteiger partial charge in [-0.2, -0.15) is 0 Å². The van der Waals surface area contributed by atoms with Gasteiger partial charge in [-0.25, -0.2) is 4.79 Å². The molecule has 0 aromatic rings. The minimum absolute atomic E-state index is 0.0309. The van der Waals surface area contributed by atoms with Gasteiger partial charge in [-0.3, -0.25) is 24.0 Å². The number of unbranched alkanes of at least 4 members (excludes halogenated alkanes) is 1. The maximum atomic E-state index is 12.4. The number of ether oxygens (including phenoxy) is 2. The van der Waals surface area contributed by atoms with Crippen LogP contribution in [0.3, 0.4) is 0 Å². The van der Waals surface area contributed by atoms with Crippen LogP contribution >= 0.6 is 0 Å². The summed E-state index contributed by atoms with van der Waals surface area (Å²) in [4.78, 5) is 75.1. The largest absolute Gasteiger partial charge is 0.481 e. The molecule has 2 fully saturated rings. The molecule has 0 saturated carbocycles. The van der Waals surface area contributed by atoms with Crippen molar-refractivity contribution in [2.75, 3.05) is 13.2 Å². The van der Waals surface area contributed by atoms with E-state index in [4.69, 9.17) is 19.4 Å². The molecule has 38 heavy (non-hydrogen) atoms. The highest BCUT2D eigenvalue weighted by molar-refractivity contribution is 6.01. The molecule has 16 nitrogen and oxygen atoms in total. The monoisotopic (exact) mass is 547 g/mol. The van der Waals surface area contributed by atoms with E-state index in [1.54, 1.807) is 0 Å². The fourth-order valence-corrected chi connectivity index (χ4v) is 3.63. The average Bonchev–Trinajstić information content (AvgIpc) is 3.17. The predicted molar refractivity (Wildman–Crippen MR) is 121 cm³/mol. The van der Waals surface area contributed by atoms with Crippen LogP contribution in [0.5, 0.6) is 0 Å². The standard InChI is InChI=1S/C22H33N3O13/c1-11-18(32)19(33)20(34)22(37-11)36-9-8-23-21(35)12(10-16(29)30)24-13(26)4-2-3-5-17(31)38-25-14(27)6-7-15(25)28/h11-12,18-20,22,32-34H,2-10H2,1H3,(H,23,35)(H,24,26)(H,29,30)/t11-,12-,18+,19+,20-,22+/m0/s1. The van der Waals surface area contributed by atoms with E-state index in [0.717, 1.165) is 0 Å². The van der Waals surface area contributed by atoms with Crippen LogP contribution in [0.4, 0.5) is 0 Å². The van der Waals surface area contributed by atoms with Crippen LogP contribution in [-0.4, -0.2) is 111 Å². The molecule has 2 saturated heterocycles. The number of carbonyl (C=O) groups excluding carboxylic acids is 5. The zero-order valence-corrected chi connectivity index (χ0v) is 20.7. The van der Waals surface area contributed by atoms with E-state index < -0.39 is 78.7 Å². The van der Waals surface area contributed by atoms with Crippen molar-refractivity contribution in [1.29, 1.82) is 0 Å². The number of nitrogens with zero attached hydrogens (tertiary/aromatic N) is 1. The lowest BCUT2D eigenvalue weighted by atomic mass is 10.0. The van der Waals surface area contributed by atoms with Gasteiger partial charge in [-0.15, -0.1) is 5.06 Å². The van der Waals surface area contributed by atoms with Crippen LogP contribution in [0.1, 0.15) is 51.9 Å². The molecule has 2 heterocycles. The number of hydrogen-bond donors (Lipinski definition) is 6. The Morgan fingerprint density at radius 2 is 1.66 bits per heavy atom. The molecule has 0 unspecified atom stereocenters. The molecule has 0 radical (unpaired) electrons. The van der Waals surface area contributed by atoms with Gasteiger partial charge in [-0.05, 0) is 19.8 Å². The van der Waals surface area contributed by atoms with E-state index in [0.29, 0.717) is 5.06 Å². The second-order valence-electron chi connectivity index (χ2n) is 8.81. The molecule has 2 aliphatic rings. The van der Waals surface area contributed by atoms with Gasteiger partial charge < -0.3 is 45.4 Å². The molecule has 2 rings (SSSR count). The molecular weight excluding hydrogens is 514 g/mol. The van der Waals surface area contributed by atoms with E-state index in [9.17, 15) is 44.1 Å². The van der Waals surface area contributed by atoms with Crippen LogP contribution < -0.4 is 10.6 Å². The van der Waals surface area contributed by atoms with Gasteiger partial charge in [0.05, 0.1) is 19.1 Å². The number of carboxylic acids is 1. The Morgan fingerprint density at radius 3 is 2.29 bits per heavy atom. The predicted octanol–water partition coefficient (Wildman–Crippen LogP) is -2.93. The molecule has 0 aromatic heterocycles. The Balaban J connectivity index is 1.69. The molecule has 0 aliphatic carbocycles. The molecule has 16 heteroatoms. The topological polar surface area (TPSA) is 238 Å². The summed E-state index contributed by atoms with van der Waals surface area (Å²) in [6, 6.07) is -1.40. The Bertz CT molecular complexity index is 882. The lowest BCUT2D eigenvalue weighted by Crippen LogP contribution is -2.57. The molecule has 2 aliphatic heterocycles. The van der Waals surface area contributed by atoms with Crippen LogP contribution in [0.2, 0.25) is 0 Å². The molecule has 0 spiro atoms. The van der Waals surface area contributed by atoms with E-state index in [-0.39, 0.29) is 51.7 Å². The quantitative estimate of drug-likeness (QED) is 0.0944. The van der Waals surface area contributed by atoms with Gasteiger partial charge in [0.25, 0.3) is 11.8 Å². The van der Waals surface area contributed by atoms with Crippen LogP contribution in [0, 0.1) is 0 Å². The van der Waals surface area contributed by atoms with Crippen molar-refractivity contribution < 1.29 is 63.5 Å². The first-order chi connectivity index (χ1) is 17.9. The number of aliphatic hydroxyl groups excluding tert-OH is 3. The van der Waals surface area contributed by atoms with Crippen molar-refractivity contribution in [3.63, 3.8) is 0 Å². The first-order valence-electron chi connectivity index (χ1n) is 12.1. The maximum absolute atomic E-state index is 12.4. The Labute approximate surface area is 217 Å². The minimum atomic E-state index is -1.52. The summed E-state index contributed by atoms with van der Waals surface area (Å²) in [5.74, 6) is -4.81. The number of hydrogen-bond acceptors (Lipinski definition) is 12. The number of imide groups is 1. The maximum Gasteiger partial charge on any atom is 0.333 e. The van der Waals surface area contributed by atoms with E-state index in [1.807, 2.05) is 0 Å². The number of carboxylic acid groups (broad SMARTS) is 1. The molecule has 0 bridgehead atoms. The SMILES string of the molecule is C[C@@H]1O[C@@H](OCCNC(=O)[C@H](CC(=O)O)NC(=O)CCCCC(=O)ON2C(=O)CCC2=O)[C@@H](O)[C@H](O)[C@@H]1O. The second-order valence-corrected chi connectivity index (χ2v) is 8.81. The van der Waals surface area contributed by atoms with Crippen molar-refractivity contribution in [1.82, 2.24) is 15.7 Å². The van der Waals surface area contributed by atoms with Crippen molar-refractivity contribution in [3.05, 3.63) is 0 Å². The lowest BCUT2D eigenvalue weighted by molar-refractivity contribution is -0.292. The summed E-state index contributed by atoms with van der Waals surface area (Å²) in [5.41, 5.74) is 0. The van der Waals surface area contributed by atoms with E-state index >= 15 is 0 Å². The van der Waals surface area contributed by atoms with E-state index in [1.165, 1.54) is 6.92 Å². The van der Waals surface area contributed by atoms with Crippen molar-refractivity contribution in [2.45, 2.75) is 88.6 Å². The fourth-order valence-electron chi connectivity index (χ4n) is 3.63. The first kappa shape index (κ1) is 31.0. The highest BCUT2D eigenvalue weighted by atomic mass is 16.7. The van der Waals surface area contributed by atoms with E-state index in [2.05, 4.69) is 10.6 Å². The van der Waals surface area contributed by atoms with Gasteiger partial charge in [0.1, 0.15) is 24.4 Å². The molecular formula is C22H33N3O13. The smallest absolute Gasteiger partial charge is 0.333 e. The fraction of sp³-hybridized carbons (Fsp3) is 0.727. The van der Waals surface area contributed by atoms with Gasteiger partial charge in [0.15, 0.2) is 6.29 Å². The third-order valence-corrected chi connectivity index (χ3v) is 5.76. The zero-order valence-electron chi connectivity index (χ0n) is 20.7. The summed E-state index contributed by atoms with van der Waals surface area (Å²) in [6.07, 6.45) is -7.10. The molecule has 6 N–H and O–H groups in total. The van der Waals surface area contributed by atoms with Crippen LogP contribution in [-0.2, 0) is 43.1 Å². The Kier molecular flexibility index (Phi) is 12.0. The van der Waals surface area contributed by atoms with Crippen LogP contribution in [0.15, 0.2) is 0 Å². The summed E-state index contributed by atoms with van der Waals surface area (Å²) in [5, 5.41) is 43.6. The molecule has 0 aromatic carbocycles. The lowest BCUT2D eigenvalue weighted by Gasteiger charge is -2.38. The van der Waals surface area contributed by atoms with Gasteiger partial charge in [0.2, 0.25) is 11.8 Å².